The van der Waals surface area contributed by atoms with Gasteiger partial charge in [0.1, 0.15) is 5.82 Å². The molecule has 1 aromatic heterocycles. The van der Waals surface area contributed by atoms with Crippen LogP contribution >= 0.6 is 0 Å². The van der Waals surface area contributed by atoms with Gasteiger partial charge in [0.05, 0.1) is 11.0 Å². The number of anilines is 3. The molecule has 0 saturated heterocycles. The molecule has 0 radical (unpaired) electrons. The molecule has 6 heteroatoms. The van der Waals surface area contributed by atoms with Crippen LogP contribution in [0.1, 0.15) is 0 Å². The quantitative estimate of drug-likeness (QED) is 0.479. The van der Waals surface area contributed by atoms with Gasteiger partial charge in [0.15, 0.2) is 0 Å². The third-order valence-corrected chi connectivity index (χ3v) is 2.14. The van der Waals surface area contributed by atoms with Gasteiger partial charge in [-0.3, -0.25) is 10.1 Å². The third-order valence-electron chi connectivity index (χ3n) is 2.14. The first-order valence-corrected chi connectivity index (χ1v) is 4.88. The van der Waals surface area contributed by atoms with E-state index in [4.69, 9.17) is 5.73 Å². The van der Waals surface area contributed by atoms with Crippen molar-refractivity contribution in [1.82, 2.24) is 4.98 Å². The van der Waals surface area contributed by atoms with Crippen LogP contribution in [0, 0.1) is 10.1 Å². The maximum absolute atomic E-state index is 10.6. The van der Waals surface area contributed by atoms with E-state index in [0.717, 1.165) is 5.69 Å². The van der Waals surface area contributed by atoms with Crippen molar-refractivity contribution in [3.05, 3.63) is 52.7 Å². The molecule has 0 amide bonds. The van der Waals surface area contributed by atoms with Gasteiger partial charge in [-0.1, -0.05) is 0 Å². The fourth-order valence-electron chi connectivity index (χ4n) is 1.32. The first-order chi connectivity index (χ1) is 8.15. The number of hydrogen-bond donors (Lipinski definition) is 2. The molecule has 0 atom stereocenters. The van der Waals surface area contributed by atoms with Gasteiger partial charge in [0.25, 0.3) is 5.69 Å². The highest BCUT2D eigenvalue weighted by Gasteiger charge is 2.06. The molecule has 2 aromatic rings. The van der Waals surface area contributed by atoms with Gasteiger partial charge in [-0.15, -0.1) is 0 Å². The van der Waals surface area contributed by atoms with Gasteiger partial charge in [-0.05, 0) is 24.3 Å². The van der Waals surface area contributed by atoms with Gasteiger partial charge in [-0.2, -0.15) is 0 Å². The lowest BCUT2D eigenvalue weighted by Crippen LogP contribution is -1.95. The van der Waals surface area contributed by atoms with Crippen LogP contribution in [0.2, 0.25) is 0 Å². The highest BCUT2D eigenvalue weighted by atomic mass is 16.6. The summed E-state index contributed by atoms with van der Waals surface area (Å²) in [5.74, 6) is 0.420. The predicted molar refractivity (Wildman–Crippen MR) is 65.0 cm³/mol. The van der Waals surface area contributed by atoms with Crippen LogP contribution in [-0.4, -0.2) is 9.91 Å². The summed E-state index contributed by atoms with van der Waals surface area (Å²) in [6.07, 6.45) is 1.39. The Balaban J connectivity index is 2.21. The average Bonchev–Trinajstić information content (AvgIpc) is 2.32. The van der Waals surface area contributed by atoms with Crippen LogP contribution in [0.5, 0.6) is 0 Å². The Morgan fingerprint density at radius 3 is 2.59 bits per heavy atom. The number of nitrogens with two attached hydrogens (primary N) is 1. The lowest BCUT2D eigenvalue weighted by atomic mass is 10.3. The Labute approximate surface area is 97.3 Å². The molecule has 0 fully saturated rings. The SMILES string of the molecule is Nc1ccc(Nc2cc([N+](=O)[O-])ccn2)cc1. The second kappa shape index (κ2) is 4.48. The van der Waals surface area contributed by atoms with Crippen molar-refractivity contribution in [1.29, 1.82) is 0 Å². The fraction of sp³-hybridized carbons (Fsp3) is 0. The largest absolute Gasteiger partial charge is 0.399 e. The van der Waals surface area contributed by atoms with Gasteiger partial charge < -0.3 is 11.1 Å². The van der Waals surface area contributed by atoms with Crippen LogP contribution < -0.4 is 11.1 Å². The van der Waals surface area contributed by atoms with E-state index < -0.39 is 4.92 Å². The molecule has 17 heavy (non-hydrogen) atoms. The predicted octanol–water partition coefficient (Wildman–Crippen LogP) is 2.32. The summed E-state index contributed by atoms with van der Waals surface area (Å²) in [7, 11) is 0. The molecule has 86 valence electrons. The lowest BCUT2D eigenvalue weighted by Gasteiger charge is -2.05. The van der Waals surface area contributed by atoms with Gasteiger partial charge >= 0.3 is 0 Å². The molecule has 2 rings (SSSR count). The van der Waals surface area contributed by atoms with Crippen molar-refractivity contribution in [3.8, 4) is 0 Å². The number of nitrogen functional groups attached to an aromatic ring is 1. The summed E-state index contributed by atoms with van der Waals surface area (Å²) in [4.78, 5) is 14.1. The molecule has 0 aliphatic carbocycles. The molecule has 0 unspecified atom stereocenters. The highest BCUT2D eigenvalue weighted by Crippen LogP contribution is 2.19. The second-order valence-electron chi connectivity index (χ2n) is 3.40. The number of rotatable bonds is 3. The van der Waals surface area contributed by atoms with E-state index in [9.17, 15) is 10.1 Å². The number of hydrogen-bond acceptors (Lipinski definition) is 5. The van der Waals surface area contributed by atoms with Gasteiger partial charge in [-0.25, -0.2) is 4.98 Å². The van der Waals surface area contributed by atoms with E-state index in [1.807, 2.05) is 0 Å². The van der Waals surface area contributed by atoms with E-state index in [2.05, 4.69) is 10.3 Å². The normalized spacial score (nSPS) is 9.88. The van der Waals surface area contributed by atoms with Crippen molar-refractivity contribution in [2.75, 3.05) is 11.1 Å². The molecule has 0 spiro atoms. The number of nitrogens with one attached hydrogen (secondary N) is 1. The molecule has 0 bridgehead atoms. The van der Waals surface area contributed by atoms with Crippen molar-refractivity contribution in [3.63, 3.8) is 0 Å². The summed E-state index contributed by atoms with van der Waals surface area (Å²) in [6, 6.07) is 9.73. The molecule has 6 nitrogen and oxygen atoms in total. The first-order valence-electron chi connectivity index (χ1n) is 4.88. The minimum Gasteiger partial charge on any atom is -0.399 e. The number of aromatic nitrogens is 1. The second-order valence-corrected chi connectivity index (χ2v) is 3.40. The van der Waals surface area contributed by atoms with Gasteiger partial charge in [0, 0.05) is 23.6 Å². The molecular weight excluding hydrogens is 220 g/mol. The van der Waals surface area contributed by atoms with Crippen LogP contribution in [0.4, 0.5) is 22.9 Å². The minimum atomic E-state index is -0.462. The van der Waals surface area contributed by atoms with Crippen LogP contribution in [0.15, 0.2) is 42.6 Å². The first kappa shape index (κ1) is 10.9. The number of benzene rings is 1. The molecule has 0 aliphatic heterocycles. The van der Waals surface area contributed by atoms with Crippen molar-refractivity contribution in [2.24, 2.45) is 0 Å². The standard InChI is InChI=1S/C11H10N4O2/c12-8-1-3-9(4-2-8)14-11-7-10(15(16)17)5-6-13-11/h1-7H,12H2,(H,13,14). The maximum atomic E-state index is 10.6. The molecule has 0 saturated carbocycles. The monoisotopic (exact) mass is 230 g/mol. The van der Waals surface area contributed by atoms with Crippen molar-refractivity contribution in [2.45, 2.75) is 0 Å². The van der Waals surface area contributed by atoms with Crippen LogP contribution in [0.3, 0.4) is 0 Å². The molecule has 1 heterocycles. The van der Waals surface area contributed by atoms with Crippen molar-refractivity contribution < 1.29 is 4.92 Å². The smallest absolute Gasteiger partial charge is 0.274 e. The molecular formula is C11H10N4O2. The summed E-state index contributed by atoms with van der Waals surface area (Å²) in [6.45, 7) is 0. The number of pyridine rings is 1. The van der Waals surface area contributed by atoms with E-state index in [-0.39, 0.29) is 5.69 Å². The average molecular weight is 230 g/mol. The number of nitro groups is 1. The molecule has 0 aliphatic rings. The van der Waals surface area contributed by atoms with Gasteiger partial charge in [0.2, 0.25) is 0 Å². The lowest BCUT2D eigenvalue weighted by molar-refractivity contribution is -0.384. The van der Waals surface area contributed by atoms with Crippen LogP contribution in [0.25, 0.3) is 0 Å². The van der Waals surface area contributed by atoms with E-state index >= 15 is 0 Å². The zero-order valence-corrected chi connectivity index (χ0v) is 8.83. The summed E-state index contributed by atoms with van der Waals surface area (Å²) >= 11 is 0. The number of nitrogens with zero attached hydrogens (tertiary/aromatic N) is 2. The zero-order chi connectivity index (χ0) is 12.3. The van der Waals surface area contributed by atoms with E-state index in [1.165, 1.54) is 18.3 Å². The van der Waals surface area contributed by atoms with Crippen molar-refractivity contribution >= 4 is 22.9 Å². The Hall–Kier alpha value is -2.63. The fourth-order valence-corrected chi connectivity index (χ4v) is 1.32. The summed E-state index contributed by atoms with van der Waals surface area (Å²) in [5, 5.41) is 13.5. The third kappa shape index (κ3) is 2.69. The topological polar surface area (TPSA) is 94.1 Å². The Kier molecular flexibility index (Phi) is 2.87. The molecule has 3 N–H and O–H groups in total. The Morgan fingerprint density at radius 1 is 1.24 bits per heavy atom. The zero-order valence-electron chi connectivity index (χ0n) is 8.83. The van der Waals surface area contributed by atoms with E-state index in [1.54, 1.807) is 24.3 Å². The Bertz CT molecular complexity index is 539. The van der Waals surface area contributed by atoms with Crippen LogP contribution in [-0.2, 0) is 0 Å². The summed E-state index contributed by atoms with van der Waals surface area (Å²) in [5.41, 5.74) is 6.97. The summed E-state index contributed by atoms with van der Waals surface area (Å²) < 4.78 is 0. The van der Waals surface area contributed by atoms with E-state index in [0.29, 0.717) is 11.5 Å². The Morgan fingerprint density at radius 2 is 1.94 bits per heavy atom. The maximum Gasteiger partial charge on any atom is 0.274 e. The minimum absolute atomic E-state index is 0.00190. The highest BCUT2D eigenvalue weighted by molar-refractivity contribution is 5.60. The molecule has 1 aromatic carbocycles.